The molecule has 0 saturated heterocycles. The van der Waals surface area contributed by atoms with Crippen molar-refractivity contribution >= 4 is 39.3 Å². The van der Waals surface area contributed by atoms with E-state index in [4.69, 9.17) is 0 Å². The lowest BCUT2D eigenvalue weighted by Gasteiger charge is -2.12. The molecule has 4 N–H and O–H groups in total. The Labute approximate surface area is 215 Å². The number of aromatic nitrogens is 4. The fourth-order valence-electron chi connectivity index (χ4n) is 4.32. The van der Waals surface area contributed by atoms with E-state index in [0.29, 0.717) is 28.0 Å². The summed E-state index contributed by atoms with van der Waals surface area (Å²) in [5.74, 6) is 1.95. The molecule has 4 aromatic heterocycles. The molecule has 0 aromatic carbocycles. The number of hydrogen-bond acceptors (Lipinski definition) is 6. The summed E-state index contributed by atoms with van der Waals surface area (Å²) >= 11 is 0. The van der Waals surface area contributed by atoms with Gasteiger partial charge in [0.2, 0.25) is 5.91 Å². The minimum absolute atomic E-state index is 0.0260. The zero-order chi connectivity index (χ0) is 26.9. The predicted molar refractivity (Wildman–Crippen MR) is 149 cm³/mol. The Balaban J connectivity index is 0.000000180. The highest BCUT2D eigenvalue weighted by molar-refractivity contribution is 5.95. The van der Waals surface area contributed by atoms with Crippen LogP contribution in [0.15, 0.2) is 40.1 Å². The van der Waals surface area contributed by atoms with E-state index in [-0.39, 0.29) is 28.9 Å². The Morgan fingerprint density at radius 1 is 0.919 bits per heavy atom. The number of nitrogens with one attached hydrogen (secondary N) is 4. The lowest BCUT2D eigenvalue weighted by molar-refractivity contribution is -0.117. The SMILES string of the molecule is CNc1cc(C(C)C)c2c(=O)[nH]ccc2n1.Cc1cc2nc(NC(=O)C3CC3)cc(C(C)C)c2c(=O)[nH]1. The van der Waals surface area contributed by atoms with Crippen molar-refractivity contribution in [2.75, 3.05) is 17.7 Å². The van der Waals surface area contributed by atoms with Gasteiger partial charge in [0.1, 0.15) is 11.6 Å². The number of fused-ring (bicyclic) bond motifs is 2. The summed E-state index contributed by atoms with van der Waals surface area (Å²) in [5, 5.41) is 7.18. The van der Waals surface area contributed by atoms with Gasteiger partial charge in [0, 0.05) is 24.9 Å². The molecule has 0 atom stereocenters. The van der Waals surface area contributed by atoms with Gasteiger partial charge in [-0.15, -0.1) is 0 Å². The molecular weight excluding hydrogens is 468 g/mol. The fourth-order valence-corrected chi connectivity index (χ4v) is 4.32. The van der Waals surface area contributed by atoms with E-state index in [1.165, 1.54) is 0 Å². The van der Waals surface area contributed by atoms with Crippen molar-refractivity contribution in [3.8, 4) is 0 Å². The van der Waals surface area contributed by atoms with Crippen molar-refractivity contribution in [1.29, 1.82) is 0 Å². The summed E-state index contributed by atoms with van der Waals surface area (Å²) in [5.41, 5.74) is 3.87. The number of amides is 1. The highest BCUT2D eigenvalue weighted by atomic mass is 16.2. The number of hydrogen-bond donors (Lipinski definition) is 4. The maximum absolute atomic E-state index is 12.2. The maximum atomic E-state index is 12.2. The van der Waals surface area contributed by atoms with Gasteiger partial charge in [-0.1, -0.05) is 27.7 Å². The topological polar surface area (TPSA) is 133 Å². The Hall–Kier alpha value is -4.01. The van der Waals surface area contributed by atoms with Crippen LogP contribution in [0.25, 0.3) is 21.8 Å². The largest absolute Gasteiger partial charge is 0.373 e. The van der Waals surface area contributed by atoms with E-state index in [2.05, 4.69) is 44.4 Å². The molecule has 1 fully saturated rings. The first-order valence-corrected chi connectivity index (χ1v) is 12.6. The third kappa shape index (κ3) is 5.71. The number of pyridine rings is 4. The van der Waals surface area contributed by atoms with E-state index < -0.39 is 0 Å². The molecule has 9 nitrogen and oxygen atoms in total. The van der Waals surface area contributed by atoms with Crippen molar-refractivity contribution < 1.29 is 4.79 Å². The molecule has 4 heterocycles. The summed E-state index contributed by atoms with van der Waals surface area (Å²) in [6.45, 7) is 10.0. The molecule has 1 saturated carbocycles. The Morgan fingerprint density at radius 3 is 2.11 bits per heavy atom. The Bertz CT molecular complexity index is 1580. The summed E-state index contributed by atoms with van der Waals surface area (Å²) in [7, 11) is 1.82. The van der Waals surface area contributed by atoms with Gasteiger partial charge >= 0.3 is 0 Å². The molecule has 1 aliphatic carbocycles. The monoisotopic (exact) mass is 502 g/mol. The number of anilines is 2. The first kappa shape index (κ1) is 26.1. The zero-order valence-corrected chi connectivity index (χ0v) is 22.2. The molecule has 9 heteroatoms. The first-order valence-electron chi connectivity index (χ1n) is 12.6. The molecule has 37 heavy (non-hydrogen) atoms. The van der Waals surface area contributed by atoms with Crippen LogP contribution in [0.3, 0.4) is 0 Å². The van der Waals surface area contributed by atoms with Gasteiger partial charge in [0.15, 0.2) is 0 Å². The Kier molecular flexibility index (Phi) is 7.42. The molecule has 1 aliphatic rings. The van der Waals surface area contributed by atoms with Crippen LogP contribution in [0.2, 0.25) is 0 Å². The average Bonchev–Trinajstić information content (AvgIpc) is 3.68. The molecule has 1 amide bonds. The molecule has 5 rings (SSSR count). The van der Waals surface area contributed by atoms with Crippen LogP contribution >= 0.6 is 0 Å². The zero-order valence-electron chi connectivity index (χ0n) is 22.2. The summed E-state index contributed by atoms with van der Waals surface area (Å²) in [6, 6.07) is 7.42. The van der Waals surface area contributed by atoms with Crippen molar-refractivity contribution in [3.63, 3.8) is 0 Å². The third-order valence-corrected chi connectivity index (χ3v) is 6.43. The van der Waals surface area contributed by atoms with Crippen molar-refractivity contribution in [1.82, 2.24) is 19.9 Å². The molecule has 4 aromatic rings. The normalized spacial score (nSPS) is 13.1. The summed E-state index contributed by atoms with van der Waals surface area (Å²) in [6.07, 6.45) is 3.53. The molecule has 0 aliphatic heterocycles. The Morgan fingerprint density at radius 2 is 1.51 bits per heavy atom. The lowest BCUT2D eigenvalue weighted by atomic mass is 9.99. The van der Waals surface area contributed by atoms with Gasteiger partial charge in [-0.05, 0) is 67.0 Å². The van der Waals surface area contributed by atoms with Crippen molar-refractivity contribution in [3.05, 3.63) is 68.0 Å². The molecule has 0 unspecified atom stereocenters. The van der Waals surface area contributed by atoms with Crippen LogP contribution < -0.4 is 21.8 Å². The second kappa shape index (κ2) is 10.5. The molecule has 0 radical (unpaired) electrons. The van der Waals surface area contributed by atoms with Gasteiger partial charge in [0.05, 0.1) is 21.8 Å². The van der Waals surface area contributed by atoms with Crippen LogP contribution in [0.1, 0.15) is 69.2 Å². The van der Waals surface area contributed by atoms with Crippen LogP contribution in [0.4, 0.5) is 11.6 Å². The number of carbonyl (C=O) groups excluding carboxylic acids is 1. The average molecular weight is 503 g/mol. The van der Waals surface area contributed by atoms with Crippen LogP contribution in [0, 0.1) is 12.8 Å². The van der Waals surface area contributed by atoms with Gasteiger partial charge in [0.25, 0.3) is 11.1 Å². The second-order valence-corrected chi connectivity index (χ2v) is 10.1. The summed E-state index contributed by atoms with van der Waals surface area (Å²) in [4.78, 5) is 50.2. The second-order valence-electron chi connectivity index (χ2n) is 10.1. The van der Waals surface area contributed by atoms with Crippen LogP contribution in [-0.4, -0.2) is 32.9 Å². The molecule has 0 spiro atoms. The lowest BCUT2D eigenvalue weighted by Crippen LogP contribution is -2.17. The van der Waals surface area contributed by atoms with Crippen LogP contribution in [0.5, 0.6) is 0 Å². The number of aryl methyl sites for hydroxylation is 1. The third-order valence-electron chi connectivity index (χ3n) is 6.43. The fraction of sp³-hybridized carbons (Fsp3) is 0.393. The van der Waals surface area contributed by atoms with Crippen molar-refractivity contribution in [2.45, 2.75) is 59.3 Å². The number of aromatic amines is 2. The number of nitrogens with zero attached hydrogens (tertiary/aromatic N) is 2. The number of H-pyrrole nitrogens is 2. The quantitative estimate of drug-likeness (QED) is 0.310. The van der Waals surface area contributed by atoms with Gasteiger partial charge in [-0.25, -0.2) is 9.97 Å². The maximum Gasteiger partial charge on any atom is 0.257 e. The van der Waals surface area contributed by atoms with Crippen LogP contribution in [-0.2, 0) is 4.79 Å². The van der Waals surface area contributed by atoms with E-state index >= 15 is 0 Å². The van der Waals surface area contributed by atoms with Gasteiger partial charge in [-0.2, -0.15) is 0 Å². The molecule has 194 valence electrons. The van der Waals surface area contributed by atoms with Crippen molar-refractivity contribution in [2.24, 2.45) is 5.92 Å². The minimum Gasteiger partial charge on any atom is -0.373 e. The summed E-state index contributed by atoms with van der Waals surface area (Å²) < 4.78 is 0. The van der Waals surface area contributed by atoms with Gasteiger partial charge in [-0.3, -0.25) is 14.4 Å². The smallest absolute Gasteiger partial charge is 0.257 e. The van der Waals surface area contributed by atoms with Gasteiger partial charge < -0.3 is 20.6 Å². The molecular formula is C28H34N6O3. The number of rotatable bonds is 5. The van der Waals surface area contributed by atoms with E-state index in [9.17, 15) is 14.4 Å². The number of carbonyl (C=O) groups is 1. The molecule has 0 bridgehead atoms. The van der Waals surface area contributed by atoms with E-state index in [1.54, 1.807) is 6.20 Å². The van der Waals surface area contributed by atoms with E-state index in [0.717, 1.165) is 41.0 Å². The van der Waals surface area contributed by atoms with E-state index in [1.807, 2.05) is 52.1 Å². The minimum atomic E-state index is -0.124. The highest BCUT2D eigenvalue weighted by Crippen LogP contribution is 2.31. The highest BCUT2D eigenvalue weighted by Gasteiger charge is 2.30. The first-order chi connectivity index (χ1) is 17.6. The predicted octanol–water partition coefficient (Wildman–Crippen LogP) is 4.79. The standard InChI is InChI=1S/C16H19N3O2.C12H15N3O/c1-8(2)11-7-13(19-15(20)10-4-5-10)18-12-6-9(3)17-16(21)14(11)12;1-7(2)8-6-10(13-3)15-9-4-5-14-12(16)11(8)9/h6-8,10H,4-5H2,1-3H3,(H,17,21)(H,18,19,20);4-7H,1-3H3,(H,13,15)(H,14,16).